The second-order valence-electron chi connectivity index (χ2n) is 3.88. The Balaban J connectivity index is 2.26. The summed E-state index contributed by atoms with van der Waals surface area (Å²) in [6.45, 7) is 2.48. The molecule has 0 saturated carbocycles. The van der Waals surface area contributed by atoms with Gasteiger partial charge in [-0.2, -0.15) is 0 Å². The van der Waals surface area contributed by atoms with E-state index in [9.17, 15) is 0 Å². The fourth-order valence-electron chi connectivity index (χ4n) is 1.64. The van der Waals surface area contributed by atoms with E-state index in [2.05, 4.69) is 28.9 Å². The second-order valence-corrected chi connectivity index (χ2v) is 6.16. The van der Waals surface area contributed by atoms with Crippen molar-refractivity contribution in [3.05, 3.63) is 49.6 Å². The van der Waals surface area contributed by atoms with Crippen LogP contribution in [-0.4, -0.2) is 6.54 Å². The standard InChI is InChI=1S/C13H13BrClNOS/c1-8-4-5-18-13(8)12(7-16)17-11-6-9(14)2-3-10(11)15/h2-6,12H,7,16H2,1H3. The zero-order chi connectivity index (χ0) is 13.1. The normalized spacial score (nSPS) is 12.4. The van der Waals surface area contributed by atoms with E-state index >= 15 is 0 Å². The lowest BCUT2D eigenvalue weighted by Gasteiger charge is -2.18. The summed E-state index contributed by atoms with van der Waals surface area (Å²) in [5.74, 6) is 0.647. The lowest BCUT2D eigenvalue weighted by atomic mass is 10.2. The van der Waals surface area contributed by atoms with E-state index in [1.54, 1.807) is 17.4 Å². The van der Waals surface area contributed by atoms with Crippen LogP contribution in [0.15, 0.2) is 34.1 Å². The highest BCUT2D eigenvalue weighted by molar-refractivity contribution is 9.10. The van der Waals surface area contributed by atoms with E-state index in [1.807, 2.05) is 17.5 Å². The molecule has 0 spiro atoms. The molecule has 0 fully saturated rings. The van der Waals surface area contributed by atoms with Crippen molar-refractivity contribution in [1.29, 1.82) is 0 Å². The molecule has 1 heterocycles. The summed E-state index contributed by atoms with van der Waals surface area (Å²) in [6, 6.07) is 7.60. The Bertz CT molecular complexity index is 544. The van der Waals surface area contributed by atoms with Gasteiger partial charge >= 0.3 is 0 Å². The summed E-state index contributed by atoms with van der Waals surface area (Å²) in [4.78, 5) is 1.15. The molecule has 1 aromatic carbocycles. The summed E-state index contributed by atoms with van der Waals surface area (Å²) < 4.78 is 6.86. The van der Waals surface area contributed by atoms with Crippen LogP contribution in [0.4, 0.5) is 0 Å². The van der Waals surface area contributed by atoms with Crippen LogP contribution in [0.25, 0.3) is 0 Å². The number of thiophene rings is 1. The molecule has 0 aliphatic heterocycles. The van der Waals surface area contributed by atoms with Gasteiger partial charge in [-0.15, -0.1) is 11.3 Å². The summed E-state index contributed by atoms with van der Waals surface area (Å²) in [5, 5.41) is 2.63. The van der Waals surface area contributed by atoms with Crippen molar-refractivity contribution < 1.29 is 4.74 Å². The molecule has 1 atom stereocenters. The molecule has 0 aliphatic rings. The maximum atomic E-state index is 6.12. The van der Waals surface area contributed by atoms with Gasteiger partial charge in [-0.3, -0.25) is 0 Å². The Morgan fingerprint density at radius 1 is 1.44 bits per heavy atom. The lowest BCUT2D eigenvalue weighted by molar-refractivity contribution is 0.217. The molecule has 18 heavy (non-hydrogen) atoms. The van der Waals surface area contributed by atoms with Gasteiger partial charge < -0.3 is 10.5 Å². The number of rotatable bonds is 4. The molecule has 0 bridgehead atoms. The van der Waals surface area contributed by atoms with E-state index < -0.39 is 0 Å². The SMILES string of the molecule is Cc1ccsc1C(CN)Oc1cc(Br)ccc1Cl. The van der Waals surface area contributed by atoms with E-state index in [0.29, 0.717) is 17.3 Å². The molecule has 0 aliphatic carbocycles. The number of ether oxygens (including phenoxy) is 1. The summed E-state index contributed by atoms with van der Waals surface area (Å²) >= 11 is 11.2. The number of hydrogen-bond donors (Lipinski definition) is 1. The first-order chi connectivity index (χ1) is 8.61. The third kappa shape index (κ3) is 3.06. The van der Waals surface area contributed by atoms with Crippen LogP contribution in [0.3, 0.4) is 0 Å². The molecule has 0 amide bonds. The van der Waals surface area contributed by atoms with Gasteiger partial charge in [0.1, 0.15) is 11.9 Å². The number of nitrogens with two attached hydrogens (primary N) is 1. The fraction of sp³-hybridized carbons (Fsp3) is 0.231. The Morgan fingerprint density at radius 2 is 2.22 bits per heavy atom. The quantitative estimate of drug-likeness (QED) is 0.881. The van der Waals surface area contributed by atoms with Gasteiger partial charge in [0.05, 0.1) is 5.02 Å². The largest absolute Gasteiger partial charge is 0.482 e. The van der Waals surface area contributed by atoms with Gasteiger partial charge in [0.2, 0.25) is 0 Å². The average Bonchev–Trinajstić information content (AvgIpc) is 2.77. The highest BCUT2D eigenvalue weighted by Crippen LogP contribution is 2.33. The summed E-state index contributed by atoms with van der Waals surface area (Å²) in [6.07, 6.45) is -0.156. The molecular weight excluding hydrogens is 334 g/mol. The maximum absolute atomic E-state index is 6.12. The number of hydrogen-bond acceptors (Lipinski definition) is 3. The average molecular weight is 347 g/mol. The molecule has 1 unspecified atom stereocenters. The van der Waals surface area contributed by atoms with Crippen LogP contribution in [0, 0.1) is 6.92 Å². The number of aryl methyl sites for hydroxylation is 1. The predicted molar refractivity (Wildman–Crippen MR) is 80.6 cm³/mol. The first-order valence-electron chi connectivity index (χ1n) is 5.47. The van der Waals surface area contributed by atoms with Crippen molar-refractivity contribution in [2.75, 3.05) is 6.54 Å². The first-order valence-corrected chi connectivity index (χ1v) is 7.52. The van der Waals surface area contributed by atoms with Gasteiger partial charge in [-0.05, 0) is 42.1 Å². The molecule has 0 saturated heterocycles. The minimum absolute atomic E-state index is 0.156. The molecule has 1 aromatic heterocycles. The minimum Gasteiger partial charge on any atom is -0.482 e. The van der Waals surface area contributed by atoms with Gasteiger partial charge in [0, 0.05) is 15.9 Å². The topological polar surface area (TPSA) is 35.2 Å². The van der Waals surface area contributed by atoms with Crippen molar-refractivity contribution in [1.82, 2.24) is 0 Å². The van der Waals surface area contributed by atoms with Gasteiger partial charge in [-0.1, -0.05) is 27.5 Å². The maximum Gasteiger partial charge on any atom is 0.145 e. The van der Waals surface area contributed by atoms with E-state index in [0.717, 1.165) is 9.35 Å². The molecule has 2 aromatic rings. The molecule has 0 radical (unpaired) electrons. The van der Waals surface area contributed by atoms with Crippen LogP contribution in [0.1, 0.15) is 16.5 Å². The van der Waals surface area contributed by atoms with E-state index in [4.69, 9.17) is 22.1 Å². The van der Waals surface area contributed by atoms with Crippen LogP contribution in [-0.2, 0) is 0 Å². The Kier molecular flexibility index (Phi) is 4.67. The molecule has 2 N–H and O–H groups in total. The van der Waals surface area contributed by atoms with Gasteiger partial charge in [0.25, 0.3) is 0 Å². The Morgan fingerprint density at radius 3 is 2.83 bits per heavy atom. The van der Waals surface area contributed by atoms with Crippen molar-refractivity contribution in [3.8, 4) is 5.75 Å². The monoisotopic (exact) mass is 345 g/mol. The third-order valence-electron chi connectivity index (χ3n) is 2.57. The molecular formula is C13H13BrClNOS. The predicted octanol–water partition coefficient (Wildman–Crippen LogP) is 4.55. The van der Waals surface area contributed by atoms with Crippen molar-refractivity contribution >= 4 is 38.9 Å². The Hall–Kier alpha value is -0.550. The van der Waals surface area contributed by atoms with Crippen molar-refractivity contribution in [3.63, 3.8) is 0 Å². The lowest BCUT2D eigenvalue weighted by Crippen LogP contribution is -2.18. The van der Waals surface area contributed by atoms with Crippen molar-refractivity contribution in [2.24, 2.45) is 5.73 Å². The highest BCUT2D eigenvalue weighted by atomic mass is 79.9. The fourth-order valence-corrected chi connectivity index (χ4v) is 3.11. The minimum atomic E-state index is -0.156. The summed E-state index contributed by atoms with van der Waals surface area (Å²) in [7, 11) is 0. The van der Waals surface area contributed by atoms with Crippen molar-refractivity contribution in [2.45, 2.75) is 13.0 Å². The smallest absolute Gasteiger partial charge is 0.145 e. The second kappa shape index (κ2) is 6.06. The zero-order valence-electron chi connectivity index (χ0n) is 9.82. The first kappa shape index (κ1) is 13.9. The van der Waals surface area contributed by atoms with Gasteiger partial charge in [-0.25, -0.2) is 0 Å². The molecule has 2 rings (SSSR count). The summed E-state index contributed by atoms with van der Waals surface area (Å²) in [5.41, 5.74) is 6.99. The molecule has 96 valence electrons. The highest BCUT2D eigenvalue weighted by Gasteiger charge is 2.17. The number of halogens is 2. The van der Waals surface area contributed by atoms with E-state index in [-0.39, 0.29) is 6.10 Å². The van der Waals surface area contributed by atoms with E-state index in [1.165, 1.54) is 5.56 Å². The van der Waals surface area contributed by atoms with Crippen LogP contribution in [0.2, 0.25) is 5.02 Å². The zero-order valence-corrected chi connectivity index (χ0v) is 13.0. The Labute approximate surface area is 124 Å². The molecule has 5 heteroatoms. The third-order valence-corrected chi connectivity index (χ3v) is 4.49. The number of benzene rings is 1. The van der Waals surface area contributed by atoms with Crippen LogP contribution >= 0.6 is 38.9 Å². The van der Waals surface area contributed by atoms with Crippen LogP contribution < -0.4 is 10.5 Å². The molecule has 2 nitrogen and oxygen atoms in total. The van der Waals surface area contributed by atoms with Crippen LogP contribution in [0.5, 0.6) is 5.75 Å². The van der Waals surface area contributed by atoms with Gasteiger partial charge in [0.15, 0.2) is 0 Å².